The number of hydrogen-bond donors (Lipinski definition) is 1. The Morgan fingerprint density at radius 1 is 0.850 bits per heavy atom. The van der Waals surface area contributed by atoms with Crippen LogP contribution >= 0.6 is 0 Å². The molecule has 0 saturated carbocycles. The fraction of sp³-hybridized carbons (Fsp3) is 0.786. The molecule has 0 radical (unpaired) electrons. The Morgan fingerprint density at radius 3 is 1.55 bits per heavy atom. The fourth-order valence-electron chi connectivity index (χ4n) is 2.05. The van der Waals surface area contributed by atoms with Crippen LogP contribution in [0.15, 0.2) is 0 Å². The quantitative estimate of drug-likeness (QED) is 0.564. The molecule has 0 bridgehead atoms. The molecule has 116 valence electrons. The van der Waals surface area contributed by atoms with Crippen LogP contribution in [0.25, 0.3) is 0 Å². The highest BCUT2D eigenvalue weighted by molar-refractivity contribution is 5.80. The summed E-state index contributed by atoms with van der Waals surface area (Å²) in [6.45, 7) is 8.28. The average molecular weight is 286 g/mol. The minimum Gasteiger partial charge on any atom is -0.392 e. The first-order valence-corrected chi connectivity index (χ1v) is 6.81. The van der Waals surface area contributed by atoms with Crippen LogP contribution in [0.2, 0.25) is 0 Å². The average Bonchev–Trinajstić information content (AvgIpc) is 2.22. The lowest BCUT2D eigenvalue weighted by atomic mass is 10.3. The van der Waals surface area contributed by atoms with E-state index in [4.69, 9.17) is 0 Å². The summed E-state index contributed by atoms with van der Waals surface area (Å²) in [6.07, 6.45) is -0.525. The first-order chi connectivity index (χ1) is 9.20. The maximum absolute atomic E-state index is 11.2. The lowest BCUT2D eigenvalue weighted by Crippen LogP contribution is -2.43. The van der Waals surface area contributed by atoms with Gasteiger partial charge in [-0.1, -0.05) is 0 Å². The largest absolute Gasteiger partial charge is 0.392 e. The van der Waals surface area contributed by atoms with Gasteiger partial charge >= 0.3 is 0 Å². The summed E-state index contributed by atoms with van der Waals surface area (Å²) >= 11 is 0. The standard InChI is InChI=1S/C14H26N2O4/c1-11(17)7-15(8-12(2)18)5-6-16(9-13(3)19)10-14(4)20/h11,17H,5-10H2,1-4H3. The highest BCUT2D eigenvalue weighted by atomic mass is 16.3. The topological polar surface area (TPSA) is 77.9 Å². The lowest BCUT2D eigenvalue weighted by Gasteiger charge is -2.26. The number of hydrogen-bond acceptors (Lipinski definition) is 6. The highest BCUT2D eigenvalue weighted by Gasteiger charge is 2.15. The molecule has 0 aliphatic carbocycles. The first kappa shape index (κ1) is 18.9. The number of nitrogens with zero attached hydrogens (tertiary/aromatic N) is 2. The molecule has 0 amide bonds. The third-order valence-corrected chi connectivity index (χ3v) is 2.59. The molecule has 1 unspecified atom stereocenters. The molecule has 0 rings (SSSR count). The van der Waals surface area contributed by atoms with Gasteiger partial charge < -0.3 is 5.11 Å². The van der Waals surface area contributed by atoms with Crippen molar-refractivity contribution in [2.75, 3.05) is 39.3 Å². The second-order valence-electron chi connectivity index (χ2n) is 5.40. The van der Waals surface area contributed by atoms with E-state index in [1.807, 2.05) is 4.90 Å². The molecular weight excluding hydrogens is 260 g/mol. The molecule has 0 spiro atoms. The summed E-state index contributed by atoms with van der Waals surface area (Å²) in [4.78, 5) is 37.1. The summed E-state index contributed by atoms with van der Waals surface area (Å²) in [5, 5.41) is 9.42. The van der Waals surface area contributed by atoms with Crippen molar-refractivity contribution >= 4 is 17.3 Å². The Kier molecular flexibility index (Phi) is 9.20. The van der Waals surface area contributed by atoms with E-state index in [2.05, 4.69) is 0 Å². The molecule has 0 aromatic carbocycles. The molecule has 6 heteroatoms. The maximum atomic E-state index is 11.2. The van der Waals surface area contributed by atoms with E-state index in [-0.39, 0.29) is 37.0 Å². The van der Waals surface area contributed by atoms with Gasteiger partial charge in [-0.15, -0.1) is 0 Å². The van der Waals surface area contributed by atoms with E-state index < -0.39 is 6.10 Å². The number of ketones is 3. The Balaban J connectivity index is 4.46. The highest BCUT2D eigenvalue weighted by Crippen LogP contribution is 1.97. The molecule has 0 aliphatic heterocycles. The number of aliphatic hydroxyl groups excluding tert-OH is 1. The molecule has 6 nitrogen and oxygen atoms in total. The predicted octanol–water partition coefficient (Wildman–Crippen LogP) is -0.262. The van der Waals surface area contributed by atoms with Gasteiger partial charge in [0.25, 0.3) is 0 Å². The second kappa shape index (κ2) is 9.74. The van der Waals surface area contributed by atoms with Gasteiger partial charge in [0.05, 0.1) is 25.7 Å². The minimum absolute atomic E-state index is 0.0000980. The van der Waals surface area contributed by atoms with Crippen molar-refractivity contribution in [3.63, 3.8) is 0 Å². The summed E-state index contributed by atoms with van der Waals surface area (Å²) < 4.78 is 0. The number of carbonyl (C=O) groups is 3. The Hall–Kier alpha value is -1.11. The van der Waals surface area contributed by atoms with Gasteiger partial charge in [0.15, 0.2) is 0 Å². The minimum atomic E-state index is -0.525. The second-order valence-corrected chi connectivity index (χ2v) is 5.40. The van der Waals surface area contributed by atoms with Crippen LogP contribution in [-0.2, 0) is 14.4 Å². The van der Waals surface area contributed by atoms with E-state index >= 15 is 0 Å². The van der Waals surface area contributed by atoms with Crippen LogP contribution in [0.5, 0.6) is 0 Å². The zero-order valence-corrected chi connectivity index (χ0v) is 12.9. The van der Waals surface area contributed by atoms with Gasteiger partial charge in [-0.05, 0) is 27.7 Å². The van der Waals surface area contributed by atoms with Crippen LogP contribution in [0.4, 0.5) is 0 Å². The van der Waals surface area contributed by atoms with Crippen molar-refractivity contribution in [1.29, 1.82) is 0 Å². The molecule has 0 aromatic heterocycles. The summed E-state index contributed by atoms with van der Waals surface area (Å²) in [5.41, 5.74) is 0. The number of Topliss-reactive ketones (excluding diaryl/α,β-unsaturated/α-hetero) is 3. The summed E-state index contributed by atoms with van der Waals surface area (Å²) in [7, 11) is 0. The molecule has 0 saturated heterocycles. The fourth-order valence-corrected chi connectivity index (χ4v) is 2.05. The Morgan fingerprint density at radius 2 is 1.20 bits per heavy atom. The van der Waals surface area contributed by atoms with Gasteiger partial charge in [0.2, 0.25) is 0 Å². The normalized spacial score (nSPS) is 12.8. The molecule has 0 aliphatic rings. The van der Waals surface area contributed by atoms with Crippen molar-refractivity contribution in [2.24, 2.45) is 0 Å². The van der Waals surface area contributed by atoms with Gasteiger partial charge in [-0.2, -0.15) is 0 Å². The SMILES string of the molecule is CC(=O)CN(CCN(CC(C)=O)CC(C)O)CC(C)=O. The van der Waals surface area contributed by atoms with E-state index in [0.29, 0.717) is 19.6 Å². The number of aliphatic hydroxyl groups is 1. The third kappa shape index (κ3) is 10.8. The van der Waals surface area contributed by atoms with E-state index in [0.717, 1.165) is 0 Å². The Bertz CT molecular complexity index is 326. The first-order valence-electron chi connectivity index (χ1n) is 6.81. The van der Waals surface area contributed by atoms with E-state index in [1.54, 1.807) is 11.8 Å². The molecule has 0 fully saturated rings. The van der Waals surface area contributed by atoms with E-state index in [9.17, 15) is 19.5 Å². The van der Waals surface area contributed by atoms with Crippen molar-refractivity contribution < 1.29 is 19.5 Å². The maximum Gasteiger partial charge on any atom is 0.143 e. The zero-order chi connectivity index (χ0) is 15.7. The van der Waals surface area contributed by atoms with Crippen LogP contribution in [-0.4, -0.2) is 77.6 Å². The van der Waals surface area contributed by atoms with Crippen molar-refractivity contribution in [1.82, 2.24) is 9.80 Å². The van der Waals surface area contributed by atoms with Gasteiger partial charge in [-0.25, -0.2) is 0 Å². The predicted molar refractivity (Wildman–Crippen MR) is 76.6 cm³/mol. The van der Waals surface area contributed by atoms with Crippen molar-refractivity contribution in [3.05, 3.63) is 0 Å². The van der Waals surface area contributed by atoms with Crippen molar-refractivity contribution in [3.8, 4) is 0 Å². The number of rotatable bonds is 11. The van der Waals surface area contributed by atoms with Crippen LogP contribution in [0.3, 0.4) is 0 Å². The smallest absolute Gasteiger partial charge is 0.143 e. The zero-order valence-electron chi connectivity index (χ0n) is 12.9. The van der Waals surface area contributed by atoms with Gasteiger partial charge in [0, 0.05) is 19.6 Å². The number of carbonyl (C=O) groups excluding carboxylic acids is 3. The lowest BCUT2D eigenvalue weighted by molar-refractivity contribution is -0.122. The van der Waals surface area contributed by atoms with Crippen molar-refractivity contribution in [2.45, 2.75) is 33.8 Å². The molecule has 1 atom stereocenters. The molecule has 0 aromatic rings. The molecular formula is C14H26N2O4. The van der Waals surface area contributed by atoms with E-state index in [1.165, 1.54) is 20.8 Å². The molecule has 20 heavy (non-hydrogen) atoms. The van der Waals surface area contributed by atoms with Crippen LogP contribution < -0.4 is 0 Å². The Labute approximate surface area is 120 Å². The van der Waals surface area contributed by atoms with Gasteiger partial charge in [0.1, 0.15) is 17.3 Å². The van der Waals surface area contributed by atoms with Crippen LogP contribution in [0, 0.1) is 0 Å². The monoisotopic (exact) mass is 286 g/mol. The third-order valence-electron chi connectivity index (χ3n) is 2.59. The molecule has 0 heterocycles. The van der Waals surface area contributed by atoms with Crippen LogP contribution in [0.1, 0.15) is 27.7 Å². The molecule has 1 N–H and O–H groups in total. The summed E-state index contributed by atoms with van der Waals surface area (Å²) in [5.74, 6) is 0.0233. The van der Waals surface area contributed by atoms with Gasteiger partial charge in [-0.3, -0.25) is 24.2 Å². The summed E-state index contributed by atoms with van der Waals surface area (Å²) in [6, 6.07) is 0.